The molecule has 0 radical (unpaired) electrons. The van der Waals surface area contributed by atoms with E-state index in [1.165, 1.54) is 6.07 Å². The number of piperazine rings is 1. The van der Waals surface area contributed by atoms with Gasteiger partial charge in [0.1, 0.15) is 0 Å². The number of aromatic nitrogens is 1. The number of likely N-dealkylation sites (N-methyl/N-ethyl adjacent to an activating group) is 1. The number of nitrogens with zero attached hydrogens (tertiary/aromatic N) is 3. The van der Waals surface area contributed by atoms with Gasteiger partial charge < -0.3 is 9.80 Å². The van der Waals surface area contributed by atoms with Crippen LogP contribution in [0.4, 0.5) is 18.9 Å². The number of hydrogen-bond acceptors (Lipinski definition) is 3. The normalized spacial score (nSPS) is 19.6. The van der Waals surface area contributed by atoms with Gasteiger partial charge in [0.2, 0.25) is 0 Å². The average molecular weight is 414 g/mol. The van der Waals surface area contributed by atoms with Gasteiger partial charge in [0.15, 0.2) is 0 Å². The monoisotopic (exact) mass is 413 g/mol. The SMILES string of the molecule is CN1CCN(c2cc3c(Br)cc(C(F)(F)F)cc3nc2C2CC2)CC1. The summed E-state index contributed by atoms with van der Waals surface area (Å²) in [5.74, 6) is 0.382. The highest BCUT2D eigenvalue weighted by Gasteiger charge is 2.33. The van der Waals surface area contributed by atoms with Crippen LogP contribution in [-0.4, -0.2) is 43.1 Å². The quantitative estimate of drug-likeness (QED) is 0.714. The van der Waals surface area contributed by atoms with Gasteiger partial charge in [-0.1, -0.05) is 15.9 Å². The third kappa shape index (κ3) is 3.36. The van der Waals surface area contributed by atoms with Crippen LogP contribution in [0.15, 0.2) is 22.7 Å². The van der Waals surface area contributed by atoms with Crippen LogP contribution in [0.2, 0.25) is 0 Å². The summed E-state index contributed by atoms with van der Waals surface area (Å²) in [5.41, 5.74) is 1.81. The average Bonchev–Trinajstić information content (AvgIpc) is 3.38. The minimum absolute atomic E-state index is 0.382. The summed E-state index contributed by atoms with van der Waals surface area (Å²) in [6.07, 6.45) is -2.23. The van der Waals surface area contributed by atoms with Gasteiger partial charge in [-0.05, 0) is 38.1 Å². The van der Waals surface area contributed by atoms with Crippen LogP contribution >= 0.6 is 15.9 Å². The number of pyridine rings is 1. The van der Waals surface area contributed by atoms with E-state index in [1.807, 2.05) is 6.07 Å². The molecule has 0 bridgehead atoms. The zero-order valence-electron chi connectivity index (χ0n) is 13.9. The van der Waals surface area contributed by atoms with Crippen LogP contribution in [-0.2, 0) is 6.18 Å². The molecule has 2 aromatic rings. The number of fused-ring (bicyclic) bond motifs is 1. The fourth-order valence-electron chi connectivity index (χ4n) is 3.36. The second-order valence-electron chi connectivity index (χ2n) is 6.98. The van der Waals surface area contributed by atoms with Gasteiger partial charge in [-0.25, -0.2) is 0 Å². The van der Waals surface area contributed by atoms with E-state index in [2.05, 4.69) is 37.8 Å². The van der Waals surface area contributed by atoms with Crippen molar-refractivity contribution >= 4 is 32.5 Å². The molecule has 0 atom stereocenters. The number of benzene rings is 1. The lowest BCUT2D eigenvalue weighted by molar-refractivity contribution is -0.137. The number of halogens is 4. The zero-order valence-corrected chi connectivity index (χ0v) is 15.5. The molecule has 2 fully saturated rings. The van der Waals surface area contributed by atoms with E-state index in [9.17, 15) is 13.2 Å². The third-order valence-corrected chi connectivity index (χ3v) is 5.68. The Morgan fingerprint density at radius 2 is 1.76 bits per heavy atom. The van der Waals surface area contributed by atoms with E-state index in [0.29, 0.717) is 15.9 Å². The Morgan fingerprint density at radius 3 is 2.36 bits per heavy atom. The van der Waals surface area contributed by atoms with Crippen molar-refractivity contribution in [2.24, 2.45) is 0 Å². The molecule has 1 saturated heterocycles. The van der Waals surface area contributed by atoms with Gasteiger partial charge in [-0.3, -0.25) is 4.98 Å². The van der Waals surface area contributed by atoms with Crippen molar-refractivity contribution in [2.45, 2.75) is 24.9 Å². The molecular formula is C18H19BrF3N3. The molecule has 2 aliphatic rings. The molecule has 0 amide bonds. The molecule has 4 rings (SSSR count). The maximum atomic E-state index is 13.1. The molecule has 1 saturated carbocycles. The molecule has 25 heavy (non-hydrogen) atoms. The van der Waals surface area contributed by atoms with Crippen molar-refractivity contribution in [2.75, 3.05) is 38.1 Å². The molecule has 1 aromatic carbocycles. The Hall–Kier alpha value is -1.34. The maximum Gasteiger partial charge on any atom is 0.416 e. The third-order valence-electron chi connectivity index (χ3n) is 5.03. The summed E-state index contributed by atoms with van der Waals surface area (Å²) in [7, 11) is 2.10. The Labute approximate surface area is 152 Å². The van der Waals surface area contributed by atoms with Crippen molar-refractivity contribution in [3.63, 3.8) is 0 Å². The molecule has 7 heteroatoms. The molecule has 3 nitrogen and oxygen atoms in total. The summed E-state index contributed by atoms with van der Waals surface area (Å²) in [5, 5.41) is 0.742. The van der Waals surface area contributed by atoms with E-state index >= 15 is 0 Å². The van der Waals surface area contributed by atoms with Crippen LogP contribution < -0.4 is 4.90 Å². The second-order valence-corrected chi connectivity index (χ2v) is 7.83. The first-order valence-electron chi connectivity index (χ1n) is 8.48. The van der Waals surface area contributed by atoms with Crippen LogP contribution in [0.25, 0.3) is 10.9 Å². The van der Waals surface area contributed by atoms with Gasteiger partial charge in [-0.15, -0.1) is 0 Å². The van der Waals surface area contributed by atoms with Crippen molar-refractivity contribution in [3.8, 4) is 0 Å². The molecule has 1 aliphatic carbocycles. The molecule has 1 aliphatic heterocycles. The molecule has 0 unspecified atom stereocenters. The first-order valence-corrected chi connectivity index (χ1v) is 9.27. The van der Waals surface area contributed by atoms with E-state index < -0.39 is 11.7 Å². The largest absolute Gasteiger partial charge is 0.416 e. The number of hydrogen-bond donors (Lipinski definition) is 0. The molecule has 134 valence electrons. The van der Waals surface area contributed by atoms with E-state index in [4.69, 9.17) is 0 Å². The summed E-state index contributed by atoms with van der Waals surface area (Å²) in [6, 6.07) is 4.33. The van der Waals surface area contributed by atoms with Gasteiger partial charge >= 0.3 is 6.18 Å². The molecule has 2 heterocycles. The van der Waals surface area contributed by atoms with Crippen molar-refractivity contribution in [1.82, 2.24) is 9.88 Å². The number of alkyl halides is 3. The smallest absolute Gasteiger partial charge is 0.367 e. The Kier molecular flexibility index (Phi) is 4.19. The first kappa shape index (κ1) is 17.1. The van der Waals surface area contributed by atoms with Crippen molar-refractivity contribution < 1.29 is 13.2 Å². The Morgan fingerprint density at radius 1 is 1.08 bits per heavy atom. The summed E-state index contributed by atoms with van der Waals surface area (Å²) < 4.78 is 39.8. The van der Waals surface area contributed by atoms with Crippen LogP contribution in [0.3, 0.4) is 0 Å². The van der Waals surface area contributed by atoms with Crippen LogP contribution in [0.1, 0.15) is 30.0 Å². The Balaban J connectivity index is 1.83. The van der Waals surface area contributed by atoms with E-state index in [-0.39, 0.29) is 0 Å². The minimum atomic E-state index is -4.37. The predicted octanol–water partition coefficient (Wildman–Crippen LogP) is 4.65. The lowest BCUT2D eigenvalue weighted by atomic mass is 10.1. The number of rotatable bonds is 2. The topological polar surface area (TPSA) is 19.4 Å². The van der Waals surface area contributed by atoms with E-state index in [1.54, 1.807) is 0 Å². The van der Waals surface area contributed by atoms with Crippen molar-refractivity contribution in [3.05, 3.63) is 33.9 Å². The zero-order chi connectivity index (χ0) is 17.8. The predicted molar refractivity (Wildman–Crippen MR) is 96.1 cm³/mol. The highest BCUT2D eigenvalue weighted by atomic mass is 79.9. The molecule has 1 aromatic heterocycles. The first-order chi connectivity index (χ1) is 11.8. The highest BCUT2D eigenvalue weighted by Crippen LogP contribution is 2.45. The van der Waals surface area contributed by atoms with Gasteiger partial charge in [-0.2, -0.15) is 13.2 Å². The fourth-order valence-corrected chi connectivity index (χ4v) is 3.92. The summed E-state index contributed by atoms with van der Waals surface area (Å²) in [6.45, 7) is 3.80. The molecule has 0 spiro atoms. The number of anilines is 1. The maximum absolute atomic E-state index is 13.1. The minimum Gasteiger partial charge on any atom is -0.367 e. The molecular weight excluding hydrogens is 395 g/mol. The highest BCUT2D eigenvalue weighted by molar-refractivity contribution is 9.10. The van der Waals surface area contributed by atoms with Gasteiger partial charge in [0.05, 0.1) is 22.5 Å². The Bertz CT molecular complexity index is 809. The molecule has 0 N–H and O–H groups in total. The lowest BCUT2D eigenvalue weighted by Gasteiger charge is -2.35. The van der Waals surface area contributed by atoms with E-state index in [0.717, 1.165) is 61.9 Å². The van der Waals surface area contributed by atoms with Crippen LogP contribution in [0, 0.1) is 0 Å². The summed E-state index contributed by atoms with van der Waals surface area (Å²) in [4.78, 5) is 9.29. The fraction of sp³-hybridized carbons (Fsp3) is 0.500. The lowest BCUT2D eigenvalue weighted by Crippen LogP contribution is -2.44. The van der Waals surface area contributed by atoms with Gasteiger partial charge in [0.25, 0.3) is 0 Å². The summed E-state index contributed by atoms with van der Waals surface area (Å²) >= 11 is 3.32. The van der Waals surface area contributed by atoms with Crippen molar-refractivity contribution in [1.29, 1.82) is 0 Å². The van der Waals surface area contributed by atoms with Gasteiger partial charge in [0, 0.05) is 42.0 Å². The van der Waals surface area contributed by atoms with Crippen LogP contribution in [0.5, 0.6) is 0 Å². The second kappa shape index (κ2) is 6.13. The standard InChI is InChI=1S/C18H19BrF3N3/c1-24-4-6-25(7-5-24)16-10-13-14(19)8-12(18(20,21)22)9-15(13)23-17(16)11-2-3-11/h8-11H,2-7H2,1H3.